The molecule has 0 bridgehead atoms. The Labute approximate surface area is 197 Å². The number of carbonyl (C=O) groups is 1. The van der Waals surface area contributed by atoms with E-state index in [0.717, 1.165) is 0 Å². The largest absolute Gasteiger partial charge is 0.493 e. The number of nitrogens with two attached hydrogens (primary N) is 1. The second-order valence-electron chi connectivity index (χ2n) is 7.59. The van der Waals surface area contributed by atoms with Gasteiger partial charge in [0.1, 0.15) is 12.1 Å². The highest BCUT2D eigenvalue weighted by atomic mass is 16.5. The number of fused-ring (bicyclic) bond motifs is 3. The van der Waals surface area contributed by atoms with E-state index >= 15 is 0 Å². The summed E-state index contributed by atoms with van der Waals surface area (Å²) >= 11 is 0. The molecule has 2 heterocycles. The average Bonchev–Trinajstić information content (AvgIpc) is 2.88. The number of esters is 1. The molecule has 2 aliphatic rings. The number of benzene rings is 1. The van der Waals surface area contributed by atoms with Crippen LogP contribution in [0.1, 0.15) is 74.0 Å². The lowest BCUT2D eigenvalue weighted by Gasteiger charge is -2.47. The maximum atomic E-state index is 13.2. The summed E-state index contributed by atoms with van der Waals surface area (Å²) in [6.07, 6.45) is -9.83. The average molecular weight is 431 g/mol. The molecule has 1 saturated heterocycles. The van der Waals surface area contributed by atoms with Gasteiger partial charge < -0.3 is 19.9 Å². The molecule has 0 saturated carbocycles. The lowest BCUT2D eigenvalue weighted by molar-refractivity contribution is -0.160. The minimum Gasteiger partial charge on any atom is -0.493 e. The van der Waals surface area contributed by atoms with E-state index in [1.54, 1.807) is 0 Å². The number of rotatable bonds is 7. The van der Waals surface area contributed by atoms with Crippen molar-refractivity contribution in [2.75, 3.05) is 27.3 Å². The maximum absolute atomic E-state index is 13.2. The summed E-state index contributed by atoms with van der Waals surface area (Å²) in [5, 5.41) is 0. The summed E-state index contributed by atoms with van der Waals surface area (Å²) in [6.45, 7) is -3.59. The van der Waals surface area contributed by atoms with E-state index in [4.69, 9.17) is 30.9 Å². The molecule has 1 aromatic rings. The zero-order valence-electron chi connectivity index (χ0n) is 30.0. The molecule has 6 heteroatoms. The SMILES string of the molecule is [2H]C1C2([2H])c3cc(OC)c(OC)cc3CCN2C([2H])([2H])C([2H])(C([2H])([2H])C([2H])(C)C([2H])([2H])[2H])C1([2H])OC(=O)[C@@H](N)C(C)C. The van der Waals surface area contributed by atoms with Crippen LogP contribution in [0.25, 0.3) is 0 Å². The molecule has 1 aromatic carbocycles. The van der Waals surface area contributed by atoms with Crippen molar-refractivity contribution in [2.45, 2.75) is 65.0 Å². The molecule has 30 heavy (non-hydrogen) atoms. The van der Waals surface area contributed by atoms with Gasteiger partial charge in [0.15, 0.2) is 11.5 Å². The van der Waals surface area contributed by atoms with Gasteiger partial charge in [-0.3, -0.25) is 9.69 Å². The summed E-state index contributed by atoms with van der Waals surface area (Å²) in [4.78, 5) is 13.9. The van der Waals surface area contributed by atoms with Crippen molar-refractivity contribution < 1.29 is 35.5 Å². The third kappa shape index (κ3) is 4.75. The molecule has 168 valence electrons. The fourth-order valence-electron chi connectivity index (χ4n) is 3.33. The van der Waals surface area contributed by atoms with Gasteiger partial charge in [-0.2, -0.15) is 0 Å². The van der Waals surface area contributed by atoms with E-state index in [0.29, 0.717) is 17.4 Å². The molecule has 3 rings (SSSR count). The van der Waals surface area contributed by atoms with E-state index in [-0.39, 0.29) is 30.0 Å². The molecule has 2 N–H and O–H groups in total. The Balaban J connectivity index is 2.46. The Morgan fingerprint density at radius 1 is 1.40 bits per heavy atom. The first-order valence-corrected chi connectivity index (χ1v) is 9.80. The Morgan fingerprint density at radius 2 is 2.10 bits per heavy atom. The topological polar surface area (TPSA) is 74.0 Å². The fraction of sp³-hybridized carbons (Fsp3) is 0.708. The normalized spacial score (nSPS) is 45.1. The molecule has 0 aromatic heterocycles. The number of piperidine rings is 1. The number of carbonyl (C=O) groups excluding carboxylic acids is 1. The highest BCUT2D eigenvalue weighted by molar-refractivity contribution is 5.76. The smallest absolute Gasteiger partial charge is 0.323 e. The van der Waals surface area contributed by atoms with Gasteiger partial charge in [0.05, 0.1) is 17.0 Å². The minimum absolute atomic E-state index is 0.0298. The van der Waals surface area contributed by atoms with Gasteiger partial charge in [-0.05, 0) is 47.9 Å². The van der Waals surface area contributed by atoms with E-state index in [2.05, 4.69) is 0 Å². The van der Waals surface area contributed by atoms with Crippen LogP contribution in [0.2, 0.25) is 0 Å². The number of nitrogens with zero attached hydrogens (tertiary/aromatic N) is 1. The second kappa shape index (κ2) is 9.56. The molecule has 6 nitrogen and oxygen atoms in total. The van der Waals surface area contributed by atoms with Crippen LogP contribution >= 0.6 is 0 Å². The van der Waals surface area contributed by atoms with Crippen molar-refractivity contribution in [2.24, 2.45) is 23.4 Å². The predicted octanol–water partition coefficient (Wildman–Crippen LogP) is 3.56. The molecule has 0 aliphatic carbocycles. The van der Waals surface area contributed by atoms with Crippen molar-refractivity contribution in [3.8, 4) is 11.5 Å². The van der Waals surface area contributed by atoms with Crippen LogP contribution in [0.5, 0.6) is 11.5 Å². The quantitative estimate of drug-likeness (QED) is 0.667. The maximum Gasteiger partial charge on any atom is 0.323 e. The van der Waals surface area contributed by atoms with E-state index in [1.165, 1.54) is 40.2 Å². The molecular formula is C24H38N2O4. The third-order valence-corrected chi connectivity index (χ3v) is 5.06. The van der Waals surface area contributed by atoms with Gasteiger partial charge in [0, 0.05) is 45.1 Å². The highest BCUT2D eigenvalue weighted by Crippen LogP contribution is 2.44. The first kappa shape index (κ1) is 11.7. The van der Waals surface area contributed by atoms with E-state index < -0.39 is 67.9 Å². The lowest BCUT2D eigenvalue weighted by atomic mass is 9.79. The molecule has 5 unspecified atom stereocenters. The van der Waals surface area contributed by atoms with Gasteiger partial charge in [-0.15, -0.1) is 0 Å². The summed E-state index contributed by atoms with van der Waals surface area (Å²) in [6, 6.07) is -1.21. The Hall–Kier alpha value is -1.79. The van der Waals surface area contributed by atoms with Crippen molar-refractivity contribution in [3.05, 3.63) is 23.3 Å². The standard InChI is InChI=1S/C24H38N2O4/c1-14(2)9-17-13-26-8-7-16-10-21(28-5)22(29-6)11-18(16)19(26)12-20(17)30-24(27)23(25)15(3)4/h10-11,14-15,17,19-20,23H,7-9,12-13,25H2,1-6H3/t17?,19?,20?,23-/m0/s1/i1D3,9D2,12D,13D2,14D,17D,19D,20D/t12?,14?,17?,19?,20?,23-. The number of hydrogen-bond donors (Lipinski definition) is 1. The molecular weight excluding hydrogens is 380 g/mol. The number of hydrogen-bond acceptors (Lipinski definition) is 6. The Morgan fingerprint density at radius 3 is 2.73 bits per heavy atom. The molecule has 6 atom stereocenters. The first-order chi connectivity index (χ1) is 18.9. The molecule has 0 spiro atoms. The van der Waals surface area contributed by atoms with Gasteiger partial charge >= 0.3 is 5.97 Å². The number of methoxy groups -OCH3 is 2. The summed E-state index contributed by atoms with van der Waals surface area (Å²) in [5.41, 5.74) is 6.30. The van der Waals surface area contributed by atoms with Crippen LogP contribution < -0.4 is 15.2 Å². The fourth-order valence-corrected chi connectivity index (χ4v) is 3.33. The highest BCUT2D eigenvalue weighted by Gasteiger charge is 2.41. The predicted molar refractivity (Wildman–Crippen MR) is 118 cm³/mol. The van der Waals surface area contributed by atoms with Crippen molar-refractivity contribution in [3.63, 3.8) is 0 Å². The molecule has 0 radical (unpaired) electrons. The van der Waals surface area contributed by atoms with Gasteiger partial charge in [-0.1, -0.05) is 27.6 Å². The van der Waals surface area contributed by atoms with Gasteiger partial charge in [0.25, 0.3) is 0 Å². The van der Waals surface area contributed by atoms with Crippen LogP contribution in [-0.4, -0.2) is 50.3 Å². The van der Waals surface area contributed by atoms with Crippen molar-refractivity contribution >= 4 is 5.97 Å². The van der Waals surface area contributed by atoms with Crippen molar-refractivity contribution in [1.82, 2.24) is 4.90 Å². The van der Waals surface area contributed by atoms with E-state index in [1.807, 2.05) is 0 Å². The third-order valence-electron chi connectivity index (χ3n) is 5.06. The molecule has 0 amide bonds. The molecule has 1 fully saturated rings. The van der Waals surface area contributed by atoms with Gasteiger partial charge in [0.2, 0.25) is 0 Å². The monoisotopic (exact) mass is 430 g/mol. The second-order valence-corrected chi connectivity index (χ2v) is 7.59. The van der Waals surface area contributed by atoms with Crippen LogP contribution in [0, 0.1) is 17.7 Å². The van der Waals surface area contributed by atoms with Gasteiger partial charge in [-0.25, -0.2) is 0 Å². The zero-order valence-corrected chi connectivity index (χ0v) is 18.0. The summed E-state index contributed by atoms with van der Waals surface area (Å²) in [7, 11) is 2.70. The first-order valence-electron chi connectivity index (χ1n) is 15.9. The minimum atomic E-state index is -3.79. The van der Waals surface area contributed by atoms with E-state index in [9.17, 15) is 10.3 Å². The Kier molecular flexibility index (Phi) is 3.74. The van der Waals surface area contributed by atoms with Crippen LogP contribution in [0.3, 0.4) is 0 Å². The molecule has 2 aliphatic heterocycles. The van der Waals surface area contributed by atoms with Crippen LogP contribution in [0.15, 0.2) is 12.1 Å². The van der Waals surface area contributed by atoms with Crippen molar-refractivity contribution in [1.29, 1.82) is 0 Å². The Bertz CT molecular complexity index is 1230. The zero-order chi connectivity index (χ0) is 32.6. The summed E-state index contributed by atoms with van der Waals surface area (Å²) in [5.74, 6) is -8.63. The van der Waals surface area contributed by atoms with Crippen LogP contribution in [-0.2, 0) is 16.0 Å². The van der Waals surface area contributed by atoms with Crippen LogP contribution in [0.4, 0.5) is 0 Å². The lowest BCUT2D eigenvalue weighted by Crippen LogP contribution is -2.51. The summed E-state index contributed by atoms with van der Waals surface area (Å²) < 4.78 is 122. The number of ether oxygens (including phenoxy) is 3.